The molecule has 5 rings (SSSR count). The molecule has 0 atom stereocenters. The number of rotatable bonds is 5. The normalized spacial score (nSPS) is 22.8. The van der Waals surface area contributed by atoms with Gasteiger partial charge in [0.2, 0.25) is 5.91 Å². The van der Waals surface area contributed by atoms with E-state index in [1.54, 1.807) is 6.92 Å². The summed E-state index contributed by atoms with van der Waals surface area (Å²) in [6, 6.07) is 4.18. The van der Waals surface area contributed by atoms with Gasteiger partial charge >= 0.3 is 0 Å². The summed E-state index contributed by atoms with van der Waals surface area (Å²) >= 11 is 0. The highest BCUT2D eigenvalue weighted by atomic mass is 19.1. The Balaban J connectivity index is 1.31. The Labute approximate surface area is 199 Å². The predicted octanol–water partition coefficient (Wildman–Crippen LogP) is 3.19. The van der Waals surface area contributed by atoms with E-state index in [1.807, 2.05) is 4.90 Å². The van der Waals surface area contributed by atoms with Crippen LogP contribution < -0.4 is 10.2 Å². The number of fused-ring (bicyclic) bond motifs is 1. The van der Waals surface area contributed by atoms with Gasteiger partial charge in [-0.2, -0.15) is 0 Å². The minimum absolute atomic E-state index is 0.0626. The van der Waals surface area contributed by atoms with Gasteiger partial charge < -0.3 is 15.1 Å². The number of nitrogens with zero attached hydrogens (tertiary/aromatic N) is 5. The molecule has 2 aliphatic heterocycles. The fourth-order valence-electron chi connectivity index (χ4n) is 5.13. The van der Waals surface area contributed by atoms with Crippen molar-refractivity contribution in [3.8, 4) is 0 Å². The largest absolute Gasteiger partial charge is 0.364 e. The maximum absolute atomic E-state index is 14.1. The van der Waals surface area contributed by atoms with Crippen LogP contribution in [-0.2, 0) is 24.3 Å². The van der Waals surface area contributed by atoms with Crippen LogP contribution in [0.3, 0.4) is 0 Å². The highest BCUT2D eigenvalue weighted by Gasteiger charge is 2.30. The number of hydrogen-bond donors (Lipinski definition) is 1. The van der Waals surface area contributed by atoms with Gasteiger partial charge in [-0.25, -0.2) is 18.7 Å². The van der Waals surface area contributed by atoms with Crippen molar-refractivity contribution >= 4 is 17.5 Å². The fraction of sp³-hybridized carbons (Fsp3) is 0.560. The third-order valence-electron chi connectivity index (χ3n) is 7.23. The van der Waals surface area contributed by atoms with Crippen molar-refractivity contribution in [2.24, 2.45) is 5.92 Å². The summed E-state index contributed by atoms with van der Waals surface area (Å²) in [6.45, 7) is 8.51. The first-order chi connectivity index (χ1) is 16.4. The fourth-order valence-corrected chi connectivity index (χ4v) is 5.13. The summed E-state index contributed by atoms with van der Waals surface area (Å²) in [4.78, 5) is 28.1. The summed E-state index contributed by atoms with van der Waals surface area (Å²) in [5, 5.41) is 3.62. The molecule has 7 nitrogen and oxygen atoms in total. The van der Waals surface area contributed by atoms with Crippen LogP contribution in [0.2, 0.25) is 0 Å². The number of benzene rings is 1. The van der Waals surface area contributed by atoms with Crippen molar-refractivity contribution < 1.29 is 13.6 Å². The van der Waals surface area contributed by atoms with Gasteiger partial charge in [0.15, 0.2) is 11.6 Å². The van der Waals surface area contributed by atoms with Gasteiger partial charge in [-0.1, -0.05) is 13.0 Å². The smallest absolute Gasteiger partial charge is 0.219 e. The van der Waals surface area contributed by atoms with Crippen molar-refractivity contribution in [1.29, 1.82) is 0 Å². The summed E-state index contributed by atoms with van der Waals surface area (Å²) < 4.78 is 27.3. The van der Waals surface area contributed by atoms with Crippen LogP contribution in [0.1, 0.15) is 43.6 Å². The first kappa shape index (κ1) is 23.0. The number of anilines is 2. The molecule has 0 bridgehead atoms. The monoisotopic (exact) mass is 470 g/mol. The predicted molar refractivity (Wildman–Crippen MR) is 126 cm³/mol. The van der Waals surface area contributed by atoms with Crippen LogP contribution in [0.15, 0.2) is 18.2 Å². The maximum Gasteiger partial charge on any atom is 0.219 e. The molecule has 1 N–H and O–H groups in total. The van der Waals surface area contributed by atoms with E-state index in [-0.39, 0.29) is 5.91 Å². The molecule has 34 heavy (non-hydrogen) atoms. The third-order valence-corrected chi connectivity index (χ3v) is 7.23. The van der Waals surface area contributed by atoms with Crippen LogP contribution in [0.4, 0.5) is 20.4 Å². The van der Waals surface area contributed by atoms with Crippen molar-refractivity contribution in [1.82, 2.24) is 19.8 Å². The van der Waals surface area contributed by atoms with E-state index in [0.29, 0.717) is 37.7 Å². The molecule has 2 fully saturated rings. The lowest BCUT2D eigenvalue weighted by Crippen LogP contribution is -2.47. The van der Waals surface area contributed by atoms with Gasteiger partial charge in [-0.3, -0.25) is 9.69 Å². The van der Waals surface area contributed by atoms with Gasteiger partial charge in [0, 0.05) is 70.3 Å². The number of piperazine rings is 1. The van der Waals surface area contributed by atoms with Gasteiger partial charge in [0.1, 0.15) is 11.6 Å². The lowest BCUT2D eigenvalue weighted by molar-refractivity contribution is -0.129. The first-order valence-corrected chi connectivity index (χ1v) is 12.2. The zero-order valence-electron chi connectivity index (χ0n) is 19.9. The summed E-state index contributed by atoms with van der Waals surface area (Å²) in [5.41, 5.74) is 2.36. The molecule has 182 valence electrons. The van der Waals surface area contributed by atoms with Gasteiger partial charge in [0.25, 0.3) is 0 Å². The quantitative estimate of drug-likeness (QED) is 0.724. The molecule has 0 spiro atoms. The summed E-state index contributed by atoms with van der Waals surface area (Å²) in [7, 11) is 0. The lowest BCUT2D eigenvalue weighted by Gasteiger charge is -2.39. The Morgan fingerprint density at radius 2 is 1.85 bits per heavy atom. The molecular weight excluding hydrogens is 438 g/mol. The molecule has 9 heteroatoms. The molecule has 1 aromatic carbocycles. The number of nitrogens with one attached hydrogen (secondary N) is 1. The Hall–Kier alpha value is -2.81. The van der Waals surface area contributed by atoms with Crippen LogP contribution in [0.5, 0.6) is 0 Å². The molecule has 1 saturated heterocycles. The van der Waals surface area contributed by atoms with E-state index in [9.17, 15) is 13.6 Å². The molecular formula is C25H32F2N6O. The van der Waals surface area contributed by atoms with Crippen LogP contribution in [-0.4, -0.2) is 64.4 Å². The Morgan fingerprint density at radius 3 is 2.53 bits per heavy atom. The van der Waals surface area contributed by atoms with E-state index in [4.69, 9.17) is 9.97 Å². The average Bonchev–Trinajstić information content (AvgIpc) is 2.79. The SMILES string of the molecule is CC(=O)N1CCc2nc(N3CCN(Cc4ccc(F)cc4F)CC3)c(NC3CC(C)C3)nc2C1. The second-order valence-electron chi connectivity index (χ2n) is 9.90. The van der Waals surface area contributed by atoms with E-state index in [0.717, 1.165) is 74.0 Å². The molecule has 0 unspecified atom stereocenters. The van der Waals surface area contributed by atoms with Gasteiger partial charge in [-0.15, -0.1) is 0 Å². The third kappa shape index (κ3) is 4.85. The van der Waals surface area contributed by atoms with E-state index < -0.39 is 11.6 Å². The van der Waals surface area contributed by atoms with Crippen LogP contribution in [0.25, 0.3) is 0 Å². The number of aromatic nitrogens is 2. The number of halogens is 2. The number of carbonyl (C=O) groups is 1. The number of amides is 1. The molecule has 1 amide bonds. The highest BCUT2D eigenvalue weighted by Crippen LogP contribution is 2.33. The number of carbonyl (C=O) groups excluding carboxylic acids is 1. The van der Waals surface area contributed by atoms with Gasteiger partial charge in [0.05, 0.1) is 17.9 Å². The lowest BCUT2D eigenvalue weighted by atomic mass is 9.82. The van der Waals surface area contributed by atoms with Crippen molar-refractivity contribution in [3.05, 3.63) is 46.8 Å². The van der Waals surface area contributed by atoms with Crippen molar-refractivity contribution in [2.75, 3.05) is 42.9 Å². The Bertz CT molecular complexity index is 1070. The highest BCUT2D eigenvalue weighted by molar-refractivity contribution is 5.73. The second kappa shape index (κ2) is 9.44. The van der Waals surface area contributed by atoms with E-state index >= 15 is 0 Å². The standard InChI is InChI=1S/C25H32F2N6O/c1-16-11-20(12-16)28-24-25(30-22-5-6-33(17(2)34)15-23(22)29-24)32-9-7-31(8-10-32)14-18-3-4-19(26)13-21(18)27/h3-4,13,16,20H,5-12,14-15H2,1-2H3,(H,28,29). The minimum Gasteiger partial charge on any atom is -0.364 e. The Kier molecular flexibility index (Phi) is 6.38. The zero-order chi connectivity index (χ0) is 23.8. The topological polar surface area (TPSA) is 64.6 Å². The van der Waals surface area contributed by atoms with Crippen LogP contribution in [0, 0.1) is 17.6 Å². The van der Waals surface area contributed by atoms with Gasteiger partial charge in [-0.05, 0) is 24.8 Å². The molecule has 3 aliphatic rings. The Morgan fingerprint density at radius 1 is 1.09 bits per heavy atom. The van der Waals surface area contributed by atoms with Crippen LogP contribution >= 0.6 is 0 Å². The molecule has 0 radical (unpaired) electrons. The second-order valence-corrected chi connectivity index (χ2v) is 9.90. The molecule has 3 heterocycles. The number of hydrogen-bond acceptors (Lipinski definition) is 6. The molecule has 1 aromatic heterocycles. The summed E-state index contributed by atoms with van der Waals surface area (Å²) in [6.07, 6.45) is 2.95. The molecule has 1 saturated carbocycles. The molecule has 1 aliphatic carbocycles. The van der Waals surface area contributed by atoms with Crippen molar-refractivity contribution in [2.45, 2.75) is 52.2 Å². The zero-order valence-corrected chi connectivity index (χ0v) is 19.9. The molecule has 2 aromatic rings. The maximum atomic E-state index is 14.1. The summed E-state index contributed by atoms with van der Waals surface area (Å²) in [5.74, 6) is 1.41. The van der Waals surface area contributed by atoms with E-state index in [1.165, 1.54) is 12.1 Å². The first-order valence-electron chi connectivity index (χ1n) is 12.2. The van der Waals surface area contributed by atoms with E-state index in [2.05, 4.69) is 22.0 Å². The van der Waals surface area contributed by atoms with Crippen molar-refractivity contribution in [3.63, 3.8) is 0 Å². The average molecular weight is 471 g/mol. The minimum atomic E-state index is -0.552.